The molecule has 0 spiro atoms. The minimum absolute atomic E-state index is 0.189. The Balaban J connectivity index is 3.37. The number of ether oxygens (including phenoxy) is 2. The molecule has 0 aliphatic heterocycles. The van der Waals surface area contributed by atoms with Crippen molar-refractivity contribution in [3.63, 3.8) is 0 Å². The predicted octanol–water partition coefficient (Wildman–Crippen LogP) is 2.49. The molecule has 0 bridgehead atoms. The van der Waals surface area contributed by atoms with Crippen molar-refractivity contribution in [2.45, 2.75) is 6.61 Å². The minimum Gasteiger partial charge on any atom is -0.465 e. The summed E-state index contributed by atoms with van der Waals surface area (Å²) in [6, 6.07) is 0.189. The summed E-state index contributed by atoms with van der Waals surface area (Å²) in [5, 5.41) is 0. The third-order valence-corrected chi connectivity index (χ3v) is 1.73. The molecule has 0 heterocycles. The van der Waals surface area contributed by atoms with E-state index in [1.807, 2.05) is 0 Å². The largest absolute Gasteiger partial charge is 0.465 e. The van der Waals surface area contributed by atoms with Crippen LogP contribution >= 0.6 is 0 Å². The summed E-state index contributed by atoms with van der Waals surface area (Å²) in [5.74, 6) is -8.42. The molecule has 0 amide bonds. The summed E-state index contributed by atoms with van der Waals surface area (Å²) in [6.45, 7) is -3.56. The molecule has 0 saturated heterocycles. The first-order valence-electron chi connectivity index (χ1n) is 4.09. The monoisotopic (exact) mass is 256 g/mol. The fourth-order valence-electron chi connectivity index (χ4n) is 1.03. The average molecular weight is 256 g/mol. The maximum absolute atomic E-state index is 13.3. The van der Waals surface area contributed by atoms with Crippen molar-refractivity contribution in [1.29, 1.82) is 0 Å². The SMILES string of the molecule is COC(=O)c1cc(F)c(F)c(OC(F)F)c1F. The van der Waals surface area contributed by atoms with Gasteiger partial charge in [0.15, 0.2) is 11.6 Å². The maximum atomic E-state index is 13.3. The number of alkyl halides is 2. The molecule has 0 aliphatic carbocycles. The summed E-state index contributed by atoms with van der Waals surface area (Å²) < 4.78 is 70.4. The fraction of sp³-hybridized carbons (Fsp3) is 0.222. The van der Waals surface area contributed by atoms with Crippen molar-refractivity contribution in [1.82, 2.24) is 0 Å². The van der Waals surface area contributed by atoms with Crippen LogP contribution in [0.4, 0.5) is 22.0 Å². The summed E-state index contributed by atoms with van der Waals surface area (Å²) in [6.07, 6.45) is 0. The van der Waals surface area contributed by atoms with Crippen molar-refractivity contribution in [3.05, 3.63) is 29.1 Å². The van der Waals surface area contributed by atoms with Crippen molar-refractivity contribution in [3.8, 4) is 5.75 Å². The second-order valence-electron chi connectivity index (χ2n) is 2.73. The standard InChI is InChI=1S/C9H5F5O3/c1-16-8(15)3-2-4(10)6(12)7(5(3)11)17-9(13)14/h2,9H,1H3. The van der Waals surface area contributed by atoms with Gasteiger partial charge in [0.05, 0.1) is 7.11 Å². The quantitative estimate of drug-likeness (QED) is 0.473. The number of benzene rings is 1. The van der Waals surface area contributed by atoms with E-state index in [1.165, 1.54) is 0 Å². The minimum atomic E-state index is -3.56. The van der Waals surface area contributed by atoms with Crippen LogP contribution in [0.25, 0.3) is 0 Å². The van der Waals surface area contributed by atoms with E-state index in [1.54, 1.807) is 0 Å². The van der Waals surface area contributed by atoms with Crippen LogP contribution in [0, 0.1) is 17.5 Å². The van der Waals surface area contributed by atoms with Gasteiger partial charge in [0.1, 0.15) is 5.56 Å². The van der Waals surface area contributed by atoms with E-state index in [-0.39, 0.29) is 6.07 Å². The molecular formula is C9H5F5O3. The van der Waals surface area contributed by atoms with Gasteiger partial charge in [0.2, 0.25) is 11.6 Å². The zero-order valence-electron chi connectivity index (χ0n) is 8.27. The van der Waals surface area contributed by atoms with Gasteiger partial charge >= 0.3 is 12.6 Å². The smallest absolute Gasteiger partial charge is 0.387 e. The number of rotatable bonds is 3. The molecule has 0 N–H and O–H groups in total. The zero-order chi connectivity index (χ0) is 13.2. The molecule has 1 aromatic carbocycles. The molecule has 0 unspecified atom stereocenters. The third kappa shape index (κ3) is 2.63. The average Bonchev–Trinajstić information content (AvgIpc) is 2.28. The molecule has 0 fully saturated rings. The van der Waals surface area contributed by atoms with Crippen LogP contribution < -0.4 is 4.74 Å². The molecule has 0 aliphatic rings. The molecule has 1 rings (SSSR count). The first-order chi connectivity index (χ1) is 7.88. The lowest BCUT2D eigenvalue weighted by molar-refractivity contribution is -0.0551. The van der Waals surface area contributed by atoms with Crippen LogP contribution in [0.3, 0.4) is 0 Å². The lowest BCUT2D eigenvalue weighted by Gasteiger charge is -2.10. The first kappa shape index (κ1) is 13.2. The van der Waals surface area contributed by atoms with Gasteiger partial charge in [-0.1, -0.05) is 0 Å². The Kier molecular flexibility index (Phi) is 3.87. The van der Waals surface area contributed by atoms with Crippen LogP contribution in [-0.2, 0) is 4.74 Å². The number of hydrogen-bond donors (Lipinski definition) is 0. The Hall–Kier alpha value is -1.86. The van der Waals surface area contributed by atoms with Gasteiger partial charge in [-0.2, -0.15) is 13.2 Å². The van der Waals surface area contributed by atoms with Gasteiger partial charge in [-0.15, -0.1) is 0 Å². The second-order valence-corrected chi connectivity index (χ2v) is 2.73. The number of carbonyl (C=O) groups is 1. The Bertz CT molecular complexity index is 447. The van der Waals surface area contributed by atoms with Crippen molar-refractivity contribution in [2.75, 3.05) is 7.11 Å². The molecule has 8 heteroatoms. The fourth-order valence-corrected chi connectivity index (χ4v) is 1.03. The van der Waals surface area contributed by atoms with Gasteiger partial charge in [0.25, 0.3) is 0 Å². The predicted molar refractivity (Wildman–Crippen MR) is 44.3 cm³/mol. The molecular weight excluding hydrogens is 251 g/mol. The topological polar surface area (TPSA) is 35.5 Å². The van der Waals surface area contributed by atoms with Crippen molar-refractivity contribution < 1.29 is 36.2 Å². The van der Waals surface area contributed by atoms with Gasteiger partial charge < -0.3 is 9.47 Å². The highest BCUT2D eigenvalue weighted by Gasteiger charge is 2.26. The van der Waals surface area contributed by atoms with Gasteiger partial charge in [-0.05, 0) is 6.07 Å². The highest BCUT2D eigenvalue weighted by atomic mass is 19.3. The van der Waals surface area contributed by atoms with Crippen molar-refractivity contribution in [2.24, 2.45) is 0 Å². The number of methoxy groups -OCH3 is 1. The van der Waals surface area contributed by atoms with Gasteiger partial charge in [-0.3, -0.25) is 0 Å². The molecule has 1 aromatic rings. The number of hydrogen-bond acceptors (Lipinski definition) is 3. The summed E-state index contributed by atoms with van der Waals surface area (Å²) in [7, 11) is 0.858. The van der Waals surface area contributed by atoms with E-state index in [2.05, 4.69) is 9.47 Å². The van der Waals surface area contributed by atoms with Crippen LogP contribution in [0.2, 0.25) is 0 Å². The molecule has 17 heavy (non-hydrogen) atoms. The highest BCUT2D eigenvalue weighted by Crippen LogP contribution is 2.28. The molecule has 3 nitrogen and oxygen atoms in total. The Morgan fingerprint density at radius 2 is 1.82 bits per heavy atom. The van der Waals surface area contributed by atoms with E-state index in [4.69, 9.17) is 0 Å². The Morgan fingerprint density at radius 3 is 2.29 bits per heavy atom. The van der Waals surface area contributed by atoms with Crippen LogP contribution in [0.15, 0.2) is 6.07 Å². The molecule has 0 radical (unpaired) electrons. The van der Waals surface area contributed by atoms with E-state index in [0.29, 0.717) is 0 Å². The van der Waals surface area contributed by atoms with E-state index in [9.17, 15) is 26.7 Å². The number of carbonyl (C=O) groups excluding carboxylic acids is 1. The zero-order valence-corrected chi connectivity index (χ0v) is 8.27. The molecule has 0 saturated carbocycles. The Labute approximate surface area is 91.7 Å². The maximum Gasteiger partial charge on any atom is 0.387 e. The first-order valence-corrected chi connectivity index (χ1v) is 4.09. The van der Waals surface area contributed by atoms with Crippen LogP contribution in [0.5, 0.6) is 5.75 Å². The normalized spacial score (nSPS) is 10.5. The summed E-state index contributed by atoms with van der Waals surface area (Å²) in [5.41, 5.74) is -1.04. The third-order valence-electron chi connectivity index (χ3n) is 1.73. The molecule has 0 aromatic heterocycles. The molecule has 94 valence electrons. The van der Waals surface area contributed by atoms with E-state index >= 15 is 0 Å². The highest BCUT2D eigenvalue weighted by molar-refractivity contribution is 5.90. The number of halogens is 5. The van der Waals surface area contributed by atoms with E-state index in [0.717, 1.165) is 7.11 Å². The van der Waals surface area contributed by atoms with Gasteiger partial charge in [0, 0.05) is 0 Å². The lowest BCUT2D eigenvalue weighted by Crippen LogP contribution is -2.12. The lowest BCUT2D eigenvalue weighted by atomic mass is 10.2. The molecule has 0 atom stereocenters. The Morgan fingerprint density at radius 1 is 1.24 bits per heavy atom. The second kappa shape index (κ2) is 4.98. The van der Waals surface area contributed by atoms with Crippen molar-refractivity contribution >= 4 is 5.97 Å². The summed E-state index contributed by atoms with van der Waals surface area (Å²) in [4.78, 5) is 10.9. The van der Waals surface area contributed by atoms with Crippen LogP contribution in [0.1, 0.15) is 10.4 Å². The van der Waals surface area contributed by atoms with Crippen LogP contribution in [-0.4, -0.2) is 19.7 Å². The van der Waals surface area contributed by atoms with Gasteiger partial charge in [-0.25, -0.2) is 13.6 Å². The van der Waals surface area contributed by atoms with E-state index < -0.39 is 41.3 Å². The summed E-state index contributed by atoms with van der Waals surface area (Å²) >= 11 is 0. The number of esters is 1.